The highest BCUT2D eigenvalue weighted by molar-refractivity contribution is 6.53. The fraction of sp³-hybridized carbons (Fsp3) is 0.158. The average Bonchev–Trinajstić information content (AvgIpc) is 2.77. The van der Waals surface area contributed by atoms with Gasteiger partial charge in [0.2, 0.25) is 5.91 Å². The first-order valence-electron chi connectivity index (χ1n) is 8.66. The summed E-state index contributed by atoms with van der Waals surface area (Å²) in [7, 11) is -4.36. The van der Waals surface area contributed by atoms with Gasteiger partial charge >= 0.3 is 7.04 Å². The summed E-state index contributed by atoms with van der Waals surface area (Å²) in [5.74, 6) is 0.352. The molecule has 5 nitrogen and oxygen atoms in total. The summed E-state index contributed by atoms with van der Waals surface area (Å²) in [4.78, 5) is 12.2. The second-order valence-corrected chi connectivity index (χ2v) is 6.27. The molecule has 0 bridgehead atoms. The van der Waals surface area contributed by atoms with E-state index in [4.69, 9.17) is 9.39 Å². The first kappa shape index (κ1) is 17.3. The van der Waals surface area contributed by atoms with Crippen LogP contribution in [-0.2, 0) is 9.45 Å². The predicted molar refractivity (Wildman–Crippen MR) is 99.3 cm³/mol. The average molecular weight is 370 g/mol. The molecule has 138 valence electrons. The molecule has 0 aliphatic carbocycles. The van der Waals surface area contributed by atoms with Gasteiger partial charge in [0.05, 0.1) is 30.0 Å². The lowest BCUT2D eigenvalue weighted by Crippen LogP contribution is -2.43. The van der Waals surface area contributed by atoms with Crippen LogP contribution >= 0.6 is 0 Å². The molecular formula is C19H17BF2N2O3. The minimum absolute atomic E-state index is 0.0381. The summed E-state index contributed by atoms with van der Waals surface area (Å²) in [6, 6.07) is 13.1. The van der Waals surface area contributed by atoms with E-state index >= 15 is 0 Å². The van der Waals surface area contributed by atoms with Crippen molar-refractivity contribution >= 4 is 36.3 Å². The van der Waals surface area contributed by atoms with Gasteiger partial charge in [-0.25, -0.2) is 0 Å². The molecule has 0 saturated heterocycles. The zero-order valence-corrected chi connectivity index (χ0v) is 14.6. The Morgan fingerprint density at radius 2 is 1.93 bits per heavy atom. The van der Waals surface area contributed by atoms with Crippen molar-refractivity contribution in [3.63, 3.8) is 0 Å². The zero-order valence-electron chi connectivity index (χ0n) is 14.6. The minimum Gasteiger partial charge on any atom is -0.599 e. The predicted octanol–water partition coefficient (Wildman–Crippen LogP) is 3.96. The van der Waals surface area contributed by atoms with Gasteiger partial charge in [0.1, 0.15) is 12.0 Å². The number of anilines is 1. The molecule has 2 aliphatic heterocycles. The van der Waals surface area contributed by atoms with Gasteiger partial charge in [-0.2, -0.15) is 0 Å². The van der Waals surface area contributed by atoms with Crippen molar-refractivity contribution in [1.29, 1.82) is 0 Å². The summed E-state index contributed by atoms with van der Waals surface area (Å²) in [5.41, 5.74) is 1.57. The van der Waals surface area contributed by atoms with Crippen LogP contribution in [0.1, 0.15) is 18.9 Å². The van der Waals surface area contributed by atoms with Gasteiger partial charge in [-0.15, -0.1) is 0 Å². The molecule has 0 unspecified atom stereocenters. The molecule has 0 atom stereocenters. The maximum Gasteiger partial charge on any atom is 0.834 e. The Bertz CT molecular complexity index is 971. The van der Waals surface area contributed by atoms with E-state index in [0.717, 1.165) is 4.49 Å². The van der Waals surface area contributed by atoms with Gasteiger partial charge < -0.3 is 27.8 Å². The molecule has 0 fully saturated rings. The number of nitrogens with zero attached hydrogens (tertiary/aromatic N) is 1. The fourth-order valence-corrected chi connectivity index (χ4v) is 3.24. The van der Waals surface area contributed by atoms with Crippen molar-refractivity contribution in [3.8, 4) is 5.75 Å². The second-order valence-electron chi connectivity index (χ2n) is 6.27. The molecule has 0 aromatic heterocycles. The lowest BCUT2D eigenvalue weighted by atomic mass is 9.95. The molecule has 0 saturated carbocycles. The Morgan fingerprint density at radius 3 is 2.67 bits per heavy atom. The van der Waals surface area contributed by atoms with Crippen molar-refractivity contribution in [2.75, 3.05) is 11.9 Å². The highest BCUT2D eigenvalue weighted by Crippen LogP contribution is 2.38. The molecule has 2 aliphatic rings. The van der Waals surface area contributed by atoms with Crippen LogP contribution in [0.5, 0.6) is 5.75 Å². The molecule has 1 amide bonds. The van der Waals surface area contributed by atoms with Crippen LogP contribution in [-0.4, -0.2) is 30.3 Å². The molecule has 0 spiro atoms. The summed E-state index contributed by atoms with van der Waals surface area (Å²) in [6.45, 7) is 2.34. The largest absolute Gasteiger partial charge is 0.834 e. The molecule has 8 heteroatoms. The number of benzene rings is 2. The molecule has 2 heterocycles. The first-order valence-corrected chi connectivity index (χ1v) is 8.66. The smallest absolute Gasteiger partial charge is 0.599 e. The molecule has 1 N–H and O–H groups in total. The van der Waals surface area contributed by atoms with Crippen molar-refractivity contribution in [2.45, 2.75) is 13.3 Å². The van der Waals surface area contributed by atoms with Crippen LogP contribution in [0, 0.1) is 0 Å². The highest BCUT2D eigenvalue weighted by Gasteiger charge is 2.51. The Morgan fingerprint density at radius 1 is 1.19 bits per heavy atom. The molecule has 27 heavy (non-hydrogen) atoms. The topological polar surface area (TPSA) is 50.6 Å². The van der Waals surface area contributed by atoms with Crippen LogP contribution in [0.3, 0.4) is 0 Å². The minimum atomic E-state index is -4.36. The third-order valence-corrected chi connectivity index (χ3v) is 4.41. The van der Waals surface area contributed by atoms with E-state index in [1.54, 1.807) is 36.4 Å². The molecule has 0 radical (unpaired) electrons. The van der Waals surface area contributed by atoms with E-state index in [9.17, 15) is 13.4 Å². The number of nitrogens with one attached hydrogen (secondary N) is 1. The lowest BCUT2D eigenvalue weighted by Gasteiger charge is -2.30. The van der Waals surface area contributed by atoms with Crippen LogP contribution in [0.25, 0.3) is 5.76 Å². The van der Waals surface area contributed by atoms with Crippen LogP contribution in [0.2, 0.25) is 0 Å². The number of hydrogen-bond donors (Lipinski definition) is 1. The standard InChI is InChI=1S/C19H17BF2N2O3/c1-2-26-15-9-7-14(8-10-15)24-12-13-11-18(25)23-17-6-4-3-5-16(17)19(13)27-20(24,21)22/h3-10,12H,2,11H2,1H3,(H,23,25). The Labute approximate surface area is 155 Å². The van der Waals surface area contributed by atoms with Crippen molar-refractivity contribution < 1.29 is 27.3 Å². The summed E-state index contributed by atoms with van der Waals surface area (Å²) >= 11 is 0. The van der Waals surface area contributed by atoms with Crippen molar-refractivity contribution in [1.82, 2.24) is 0 Å². The highest BCUT2D eigenvalue weighted by atomic mass is 19.3. The third-order valence-electron chi connectivity index (χ3n) is 4.41. The fourth-order valence-electron chi connectivity index (χ4n) is 3.24. The number of rotatable bonds is 3. The number of carbonyl (C=O) groups excluding carboxylic acids is 1. The van der Waals surface area contributed by atoms with Gasteiger partial charge in [-0.05, 0) is 31.2 Å². The summed E-state index contributed by atoms with van der Waals surface area (Å²) in [5, 5.41) is 2.73. The monoisotopic (exact) mass is 370 g/mol. The number of carbonyl (C=O) groups is 1. The molecule has 2 aromatic carbocycles. The van der Waals surface area contributed by atoms with E-state index in [2.05, 4.69) is 5.32 Å². The Hall–Kier alpha value is -3.16. The quantitative estimate of drug-likeness (QED) is 0.833. The van der Waals surface area contributed by atoms with Gasteiger partial charge in [-0.1, -0.05) is 12.1 Å². The number of halogens is 2. The van der Waals surface area contributed by atoms with Gasteiger partial charge in [0.25, 0.3) is 0 Å². The first-order chi connectivity index (χ1) is 13.0. The number of para-hydroxylation sites is 1. The maximum atomic E-state index is 14.9. The second kappa shape index (κ2) is 6.53. The third kappa shape index (κ3) is 3.18. The normalized spacial score (nSPS) is 17.7. The van der Waals surface area contributed by atoms with Crippen LogP contribution in [0.4, 0.5) is 20.0 Å². The van der Waals surface area contributed by atoms with Crippen LogP contribution < -0.4 is 10.1 Å². The summed E-state index contributed by atoms with van der Waals surface area (Å²) < 4.78 is 41.0. The Balaban J connectivity index is 1.81. The molecule has 4 rings (SSSR count). The molecule has 2 aromatic rings. The number of amides is 1. The number of fused-ring (bicyclic) bond motifs is 2. The van der Waals surface area contributed by atoms with Gasteiger partial charge in [-0.3, -0.25) is 4.79 Å². The van der Waals surface area contributed by atoms with Gasteiger partial charge in [0.15, 0.2) is 5.69 Å². The maximum absolute atomic E-state index is 14.9. The SMILES string of the molecule is CCOc1ccc([N+]2=CC3=C(O[B-]2(F)F)c2ccccc2NC(=O)C3)cc1. The van der Waals surface area contributed by atoms with E-state index in [-0.39, 0.29) is 23.8 Å². The van der Waals surface area contributed by atoms with E-state index < -0.39 is 7.04 Å². The summed E-state index contributed by atoms with van der Waals surface area (Å²) in [6.07, 6.45) is 1.25. The van der Waals surface area contributed by atoms with Crippen molar-refractivity contribution in [2.24, 2.45) is 0 Å². The van der Waals surface area contributed by atoms with E-state index in [0.29, 0.717) is 29.2 Å². The zero-order chi connectivity index (χ0) is 19.0. The van der Waals surface area contributed by atoms with Crippen LogP contribution in [0.15, 0.2) is 54.1 Å². The Kier molecular flexibility index (Phi) is 4.18. The number of hydrogen-bond acceptors (Lipinski definition) is 3. The molecular weight excluding hydrogens is 353 g/mol. The van der Waals surface area contributed by atoms with E-state index in [1.807, 2.05) is 6.92 Å². The van der Waals surface area contributed by atoms with Crippen molar-refractivity contribution in [3.05, 3.63) is 59.7 Å². The van der Waals surface area contributed by atoms with Gasteiger partial charge in [0, 0.05) is 17.7 Å². The van der Waals surface area contributed by atoms with E-state index in [1.165, 1.54) is 18.3 Å². The number of ether oxygens (including phenoxy) is 1. The lowest BCUT2D eigenvalue weighted by molar-refractivity contribution is -0.346.